The molecule has 1 fully saturated rings. The van der Waals surface area contributed by atoms with Crippen molar-refractivity contribution >= 4 is 28.8 Å². The van der Waals surface area contributed by atoms with Gasteiger partial charge in [0.15, 0.2) is 5.82 Å². The van der Waals surface area contributed by atoms with Crippen molar-refractivity contribution in [2.24, 2.45) is 5.92 Å². The molecule has 2 heterocycles. The third-order valence-electron chi connectivity index (χ3n) is 6.44. The van der Waals surface area contributed by atoms with Gasteiger partial charge in [0.05, 0.1) is 12.8 Å². The number of ether oxygens (including phenoxy) is 1. The average Bonchev–Trinajstić information content (AvgIpc) is 2.95. The van der Waals surface area contributed by atoms with Crippen LogP contribution >= 0.6 is 0 Å². The number of benzene rings is 3. The molecule has 0 aliphatic carbocycles. The first kappa shape index (κ1) is 23.4. The number of methoxy groups -OCH3 is 1. The summed E-state index contributed by atoms with van der Waals surface area (Å²) in [4.78, 5) is 15.1. The molecular weight excluding hydrogens is 450 g/mol. The number of carbonyl (C=O) groups excluding carboxylic acids is 1. The van der Waals surface area contributed by atoms with E-state index < -0.39 is 0 Å². The Hall–Kier alpha value is -4.39. The minimum absolute atomic E-state index is 0.0239. The van der Waals surface area contributed by atoms with Crippen molar-refractivity contribution in [2.45, 2.75) is 12.8 Å². The summed E-state index contributed by atoms with van der Waals surface area (Å²) < 4.78 is 5.43. The second kappa shape index (κ2) is 10.9. The van der Waals surface area contributed by atoms with E-state index in [-0.39, 0.29) is 11.8 Å². The first-order chi connectivity index (χ1) is 17.7. The predicted octanol–water partition coefficient (Wildman–Crippen LogP) is 5.75. The maximum absolute atomic E-state index is 12.9. The zero-order chi connectivity index (χ0) is 24.7. The molecule has 0 atom stereocenters. The summed E-state index contributed by atoms with van der Waals surface area (Å²) in [6.45, 7) is 1.53. The average molecular weight is 480 g/mol. The van der Waals surface area contributed by atoms with Gasteiger partial charge in [-0.2, -0.15) is 0 Å². The summed E-state index contributed by atoms with van der Waals surface area (Å²) in [6.07, 6.45) is 1.55. The number of hydrogen-bond donors (Lipinski definition) is 2. The van der Waals surface area contributed by atoms with Crippen LogP contribution in [0.1, 0.15) is 12.8 Å². The predicted molar refractivity (Wildman–Crippen MR) is 144 cm³/mol. The molecule has 1 aromatic heterocycles. The van der Waals surface area contributed by atoms with Gasteiger partial charge in [-0.25, -0.2) is 0 Å². The van der Waals surface area contributed by atoms with Crippen LogP contribution in [0.2, 0.25) is 0 Å². The van der Waals surface area contributed by atoms with Gasteiger partial charge in [-0.1, -0.05) is 30.3 Å². The number of aromatic nitrogens is 2. The zero-order valence-electron chi connectivity index (χ0n) is 20.2. The van der Waals surface area contributed by atoms with Crippen molar-refractivity contribution in [1.29, 1.82) is 0 Å². The lowest BCUT2D eigenvalue weighted by Gasteiger charge is -2.31. The van der Waals surface area contributed by atoms with Gasteiger partial charge in [0.2, 0.25) is 5.91 Å². The van der Waals surface area contributed by atoms with Gasteiger partial charge >= 0.3 is 0 Å². The van der Waals surface area contributed by atoms with Gasteiger partial charge < -0.3 is 20.3 Å². The number of amides is 1. The van der Waals surface area contributed by atoms with Crippen LogP contribution in [0.3, 0.4) is 0 Å². The molecule has 182 valence electrons. The summed E-state index contributed by atoms with van der Waals surface area (Å²) in [5.41, 5.74) is 4.50. The van der Waals surface area contributed by atoms with E-state index in [0.717, 1.165) is 65.8 Å². The molecule has 0 saturated carbocycles. The van der Waals surface area contributed by atoms with E-state index in [2.05, 4.69) is 25.7 Å². The molecule has 7 nitrogen and oxygen atoms in total. The van der Waals surface area contributed by atoms with Crippen molar-refractivity contribution < 1.29 is 9.53 Å². The molecule has 4 aromatic rings. The molecule has 3 aromatic carbocycles. The summed E-state index contributed by atoms with van der Waals surface area (Å²) in [5.74, 6) is 1.64. The Morgan fingerprint density at radius 3 is 2.17 bits per heavy atom. The highest BCUT2D eigenvalue weighted by molar-refractivity contribution is 5.93. The molecule has 0 bridgehead atoms. The first-order valence-electron chi connectivity index (χ1n) is 12.1. The Morgan fingerprint density at radius 1 is 0.806 bits per heavy atom. The molecule has 0 radical (unpaired) electrons. The smallest absolute Gasteiger partial charge is 0.227 e. The van der Waals surface area contributed by atoms with E-state index in [1.165, 1.54) is 0 Å². The fraction of sp³-hybridized carbons (Fsp3) is 0.207. The van der Waals surface area contributed by atoms with Crippen molar-refractivity contribution in [3.63, 3.8) is 0 Å². The topological polar surface area (TPSA) is 79.4 Å². The van der Waals surface area contributed by atoms with E-state index in [1.807, 2.05) is 91.0 Å². The molecule has 1 amide bonds. The Balaban J connectivity index is 1.13. The van der Waals surface area contributed by atoms with Crippen LogP contribution in [0.5, 0.6) is 5.75 Å². The minimum Gasteiger partial charge on any atom is -0.496 e. The fourth-order valence-corrected chi connectivity index (χ4v) is 4.43. The standard InChI is InChI=1S/C29H29N5O2/c1-36-27-10-6-5-9-25(27)26-15-16-28(33-32-26)34-19-17-21(18-20-34)29(35)31-24-13-11-23(12-14-24)30-22-7-3-2-4-8-22/h2-16,21,30H,17-20H2,1H3,(H,31,35). The first-order valence-corrected chi connectivity index (χ1v) is 12.1. The van der Waals surface area contributed by atoms with Crippen molar-refractivity contribution in [2.75, 3.05) is 35.7 Å². The SMILES string of the molecule is COc1ccccc1-c1ccc(N2CCC(C(=O)Nc3ccc(Nc4ccccc4)cc3)CC2)nn1. The number of hydrogen-bond acceptors (Lipinski definition) is 6. The molecule has 2 N–H and O–H groups in total. The minimum atomic E-state index is -0.0239. The molecule has 0 spiro atoms. The highest BCUT2D eigenvalue weighted by Gasteiger charge is 2.26. The molecule has 7 heteroatoms. The van der Waals surface area contributed by atoms with E-state index >= 15 is 0 Å². The van der Waals surface area contributed by atoms with Gasteiger partial charge in [-0.3, -0.25) is 4.79 Å². The summed E-state index contributed by atoms with van der Waals surface area (Å²) in [6, 6.07) is 29.5. The number of nitrogens with one attached hydrogen (secondary N) is 2. The van der Waals surface area contributed by atoms with Crippen LogP contribution in [0.15, 0.2) is 91.0 Å². The lowest BCUT2D eigenvalue weighted by molar-refractivity contribution is -0.120. The molecule has 1 saturated heterocycles. The zero-order valence-corrected chi connectivity index (χ0v) is 20.2. The Labute approximate surface area is 211 Å². The number of rotatable bonds is 7. The van der Waals surface area contributed by atoms with Crippen LogP contribution in [-0.4, -0.2) is 36.3 Å². The van der Waals surface area contributed by atoms with Gasteiger partial charge in [-0.05, 0) is 73.5 Å². The summed E-state index contributed by atoms with van der Waals surface area (Å²) in [5, 5.41) is 15.3. The van der Waals surface area contributed by atoms with Crippen LogP contribution < -0.4 is 20.3 Å². The van der Waals surface area contributed by atoms with Gasteiger partial charge in [-0.15, -0.1) is 10.2 Å². The second-order valence-electron chi connectivity index (χ2n) is 8.80. The van der Waals surface area contributed by atoms with Gasteiger partial charge in [0.1, 0.15) is 5.75 Å². The van der Waals surface area contributed by atoms with Gasteiger partial charge in [0.25, 0.3) is 0 Å². The van der Waals surface area contributed by atoms with Crippen LogP contribution in [-0.2, 0) is 4.79 Å². The fourth-order valence-electron chi connectivity index (χ4n) is 4.43. The monoisotopic (exact) mass is 479 g/mol. The number of para-hydroxylation sites is 2. The molecule has 5 rings (SSSR count). The molecule has 1 aliphatic heterocycles. The Bertz CT molecular complexity index is 1290. The van der Waals surface area contributed by atoms with E-state index in [4.69, 9.17) is 4.74 Å². The Morgan fingerprint density at radius 2 is 1.47 bits per heavy atom. The maximum Gasteiger partial charge on any atom is 0.227 e. The van der Waals surface area contributed by atoms with E-state index in [1.54, 1.807) is 7.11 Å². The largest absolute Gasteiger partial charge is 0.496 e. The third kappa shape index (κ3) is 5.46. The van der Waals surface area contributed by atoms with Crippen LogP contribution in [0, 0.1) is 5.92 Å². The normalized spacial score (nSPS) is 13.8. The molecule has 1 aliphatic rings. The number of anilines is 4. The van der Waals surface area contributed by atoms with Gasteiger partial charge in [0, 0.05) is 41.6 Å². The van der Waals surface area contributed by atoms with Crippen LogP contribution in [0.4, 0.5) is 22.9 Å². The lowest BCUT2D eigenvalue weighted by Crippen LogP contribution is -2.38. The highest BCUT2D eigenvalue weighted by Crippen LogP contribution is 2.29. The van der Waals surface area contributed by atoms with Crippen molar-refractivity contribution in [3.05, 3.63) is 91.0 Å². The lowest BCUT2D eigenvalue weighted by atomic mass is 9.95. The maximum atomic E-state index is 12.9. The van der Waals surface area contributed by atoms with Crippen LogP contribution in [0.25, 0.3) is 11.3 Å². The number of carbonyl (C=O) groups is 1. The highest BCUT2D eigenvalue weighted by atomic mass is 16.5. The third-order valence-corrected chi connectivity index (χ3v) is 6.44. The summed E-state index contributed by atoms with van der Waals surface area (Å²) >= 11 is 0. The molecule has 36 heavy (non-hydrogen) atoms. The Kier molecular flexibility index (Phi) is 7.07. The van der Waals surface area contributed by atoms with E-state index in [0.29, 0.717) is 0 Å². The number of nitrogens with zero attached hydrogens (tertiary/aromatic N) is 3. The quantitative estimate of drug-likeness (QED) is 0.351. The molecule has 0 unspecified atom stereocenters. The summed E-state index contributed by atoms with van der Waals surface area (Å²) in [7, 11) is 1.65. The molecular formula is C29H29N5O2. The van der Waals surface area contributed by atoms with Crippen molar-refractivity contribution in [1.82, 2.24) is 10.2 Å². The van der Waals surface area contributed by atoms with E-state index in [9.17, 15) is 4.79 Å². The number of piperidine rings is 1. The second-order valence-corrected chi connectivity index (χ2v) is 8.80. The van der Waals surface area contributed by atoms with Crippen molar-refractivity contribution in [3.8, 4) is 17.0 Å².